The lowest BCUT2D eigenvalue weighted by Gasteiger charge is -2.15. The third kappa shape index (κ3) is 4.06. The average Bonchev–Trinajstić information content (AvgIpc) is 3.11. The van der Waals surface area contributed by atoms with E-state index in [-0.39, 0.29) is 16.8 Å². The molecule has 0 N–H and O–H groups in total. The molecule has 0 saturated carbocycles. The second-order valence-electron chi connectivity index (χ2n) is 7.11. The van der Waals surface area contributed by atoms with E-state index in [2.05, 4.69) is 0 Å². The van der Waals surface area contributed by atoms with Crippen LogP contribution in [0.15, 0.2) is 66.7 Å². The molecule has 0 atom stereocenters. The zero-order valence-corrected chi connectivity index (χ0v) is 17.9. The molecular formula is C25H19NO7. The van der Waals surface area contributed by atoms with E-state index in [9.17, 15) is 19.2 Å². The molecule has 0 unspecified atom stereocenters. The van der Waals surface area contributed by atoms with Crippen LogP contribution in [0.2, 0.25) is 0 Å². The van der Waals surface area contributed by atoms with Crippen molar-refractivity contribution in [1.29, 1.82) is 0 Å². The van der Waals surface area contributed by atoms with Gasteiger partial charge in [0.05, 0.1) is 42.2 Å². The normalized spacial score (nSPS) is 12.4. The molecule has 0 spiro atoms. The largest absolute Gasteiger partial charge is 0.497 e. The molecule has 3 aromatic rings. The number of hydrogen-bond acceptors (Lipinski definition) is 7. The predicted molar refractivity (Wildman–Crippen MR) is 118 cm³/mol. The Kier molecular flexibility index (Phi) is 5.91. The summed E-state index contributed by atoms with van der Waals surface area (Å²) < 4.78 is 15.5. The molecule has 1 aliphatic rings. The van der Waals surface area contributed by atoms with Gasteiger partial charge in [-0.25, -0.2) is 9.69 Å². The molecule has 0 bridgehead atoms. The molecule has 8 heteroatoms. The number of imide groups is 1. The summed E-state index contributed by atoms with van der Waals surface area (Å²) in [6.45, 7) is -0.528. The van der Waals surface area contributed by atoms with Crippen molar-refractivity contribution >= 4 is 29.3 Å². The van der Waals surface area contributed by atoms with E-state index in [1.807, 2.05) is 0 Å². The number of rotatable bonds is 7. The first-order chi connectivity index (χ1) is 15.9. The molecule has 1 aliphatic heterocycles. The third-order valence-electron chi connectivity index (χ3n) is 5.18. The van der Waals surface area contributed by atoms with Gasteiger partial charge in [-0.05, 0) is 48.5 Å². The molecule has 0 radical (unpaired) electrons. The van der Waals surface area contributed by atoms with Crippen LogP contribution >= 0.6 is 0 Å². The van der Waals surface area contributed by atoms with Crippen molar-refractivity contribution in [2.24, 2.45) is 0 Å². The van der Waals surface area contributed by atoms with Gasteiger partial charge in [-0.15, -0.1) is 0 Å². The van der Waals surface area contributed by atoms with Crippen molar-refractivity contribution < 1.29 is 33.4 Å². The number of nitrogens with zero attached hydrogens (tertiary/aromatic N) is 1. The van der Waals surface area contributed by atoms with Crippen molar-refractivity contribution in [3.8, 4) is 11.5 Å². The molecule has 2 amide bonds. The van der Waals surface area contributed by atoms with Gasteiger partial charge in [0.15, 0.2) is 6.61 Å². The van der Waals surface area contributed by atoms with Crippen LogP contribution in [0.3, 0.4) is 0 Å². The van der Waals surface area contributed by atoms with Crippen molar-refractivity contribution in [2.45, 2.75) is 0 Å². The minimum Gasteiger partial charge on any atom is -0.497 e. The van der Waals surface area contributed by atoms with E-state index in [1.54, 1.807) is 42.5 Å². The zero-order chi connectivity index (χ0) is 23.5. The van der Waals surface area contributed by atoms with Gasteiger partial charge in [-0.1, -0.05) is 18.2 Å². The highest BCUT2D eigenvalue weighted by molar-refractivity contribution is 6.34. The molecule has 0 saturated heterocycles. The molecule has 0 aliphatic carbocycles. The fourth-order valence-corrected chi connectivity index (χ4v) is 3.52. The summed E-state index contributed by atoms with van der Waals surface area (Å²) in [6.07, 6.45) is 0. The Labute approximate surface area is 189 Å². The number of ether oxygens (including phenoxy) is 3. The second-order valence-corrected chi connectivity index (χ2v) is 7.11. The van der Waals surface area contributed by atoms with Crippen LogP contribution in [-0.4, -0.2) is 44.4 Å². The molecular weight excluding hydrogens is 426 g/mol. The number of methoxy groups -OCH3 is 2. The summed E-state index contributed by atoms with van der Waals surface area (Å²) in [6, 6.07) is 17.2. The molecule has 0 aromatic heterocycles. The van der Waals surface area contributed by atoms with Crippen LogP contribution < -0.4 is 14.4 Å². The summed E-state index contributed by atoms with van der Waals surface area (Å²) in [4.78, 5) is 51.6. The smallest absolute Gasteiger partial charge is 0.338 e. The number of esters is 1. The van der Waals surface area contributed by atoms with Crippen molar-refractivity contribution in [3.63, 3.8) is 0 Å². The van der Waals surface area contributed by atoms with Crippen LogP contribution in [0.25, 0.3) is 0 Å². The SMILES string of the molecule is COc1ccc(OC)c(C(=O)COC(=O)c2cccc(N3C(=O)c4ccccc4C3=O)c2)c1. The first kappa shape index (κ1) is 21.8. The van der Waals surface area contributed by atoms with Gasteiger partial charge in [-0.2, -0.15) is 0 Å². The van der Waals surface area contributed by atoms with Gasteiger partial charge in [0, 0.05) is 0 Å². The third-order valence-corrected chi connectivity index (χ3v) is 5.18. The lowest BCUT2D eigenvalue weighted by atomic mass is 10.1. The van der Waals surface area contributed by atoms with Gasteiger partial charge < -0.3 is 14.2 Å². The number of Topliss-reactive ketones (excluding diaryl/α,β-unsaturated/α-hetero) is 1. The Hall–Kier alpha value is -4.46. The number of carbonyl (C=O) groups is 4. The summed E-state index contributed by atoms with van der Waals surface area (Å²) >= 11 is 0. The van der Waals surface area contributed by atoms with Gasteiger partial charge in [0.25, 0.3) is 11.8 Å². The van der Waals surface area contributed by atoms with Gasteiger partial charge in [0.1, 0.15) is 11.5 Å². The van der Waals surface area contributed by atoms with Crippen molar-refractivity contribution in [2.75, 3.05) is 25.7 Å². The number of anilines is 1. The fraction of sp³-hybridized carbons (Fsp3) is 0.120. The Morgan fingerprint density at radius 2 is 1.52 bits per heavy atom. The van der Waals surface area contributed by atoms with E-state index in [0.29, 0.717) is 22.6 Å². The molecule has 4 rings (SSSR count). The van der Waals surface area contributed by atoms with Crippen LogP contribution in [0.1, 0.15) is 41.4 Å². The second kappa shape index (κ2) is 8.96. The maximum absolute atomic E-state index is 12.7. The lowest BCUT2D eigenvalue weighted by molar-refractivity contribution is 0.0473. The number of amides is 2. The number of ketones is 1. The summed E-state index contributed by atoms with van der Waals surface area (Å²) in [5, 5.41) is 0. The maximum Gasteiger partial charge on any atom is 0.338 e. The average molecular weight is 445 g/mol. The fourth-order valence-electron chi connectivity index (χ4n) is 3.52. The molecule has 3 aromatic carbocycles. The van der Waals surface area contributed by atoms with Gasteiger partial charge >= 0.3 is 5.97 Å². The minimum atomic E-state index is -0.774. The van der Waals surface area contributed by atoms with Crippen LogP contribution in [0.5, 0.6) is 11.5 Å². The Morgan fingerprint density at radius 1 is 0.818 bits per heavy atom. The van der Waals surface area contributed by atoms with Gasteiger partial charge in [-0.3, -0.25) is 14.4 Å². The maximum atomic E-state index is 12.7. The lowest BCUT2D eigenvalue weighted by Crippen LogP contribution is -2.29. The highest BCUT2D eigenvalue weighted by atomic mass is 16.5. The van der Waals surface area contributed by atoms with E-state index in [4.69, 9.17) is 14.2 Å². The standard InChI is InChI=1S/C25H19NO7/c1-31-17-10-11-22(32-2)20(13-17)21(27)14-33-25(30)15-6-5-7-16(12-15)26-23(28)18-8-3-4-9-19(18)24(26)29/h3-13H,14H2,1-2H3. The number of fused-ring (bicyclic) bond motifs is 1. The molecule has 1 heterocycles. The number of benzene rings is 3. The van der Waals surface area contributed by atoms with E-state index < -0.39 is 30.2 Å². The topological polar surface area (TPSA) is 99.2 Å². The monoisotopic (exact) mass is 445 g/mol. The Bertz CT molecular complexity index is 1250. The quantitative estimate of drug-likeness (QED) is 0.312. The first-order valence-electron chi connectivity index (χ1n) is 9.95. The first-order valence-corrected chi connectivity index (χ1v) is 9.95. The highest BCUT2D eigenvalue weighted by Crippen LogP contribution is 2.29. The number of carbonyl (C=O) groups excluding carboxylic acids is 4. The Balaban J connectivity index is 1.50. The molecule has 0 fully saturated rings. The van der Waals surface area contributed by atoms with Crippen molar-refractivity contribution in [3.05, 3.63) is 89.0 Å². The summed E-state index contributed by atoms with van der Waals surface area (Å²) in [7, 11) is 2.90. The summed E-state index contributed by atoms with van der Waals surface area (Å²) in [5.41, 5.74) is 1.14. The minimum absolute atomic E-state index is 0.0921. The van der Waals surface area contributed by atoms with Crippen LogP contribution in [-0.2, 0) is 4.74 Å². The molecule has 8 nitrogen and oxygen atoms in total. The summed E-state index contributed by atoms with van der Waals surface area (Å²) in [5.74, 6) is -1.41. The Morgan fingerprint density at radius 3 is 2.15 bits per heavy atom. The van der Waals surface area contributed by atoms with E-state index in [0.717, 1.165) is 4.90 Å². The molecule has 166 valence electrons. The number of hydrogen-bond donors (Lipinski definition) is 0. The van der Waals surface area contributed by atoms with Crippen molar-refractivity contribution in [1.82, 2.24) is 0 Å². The van der Waals surface area contributed by atoms with E-state index in [1.165, 1.54) is 38.5 Å². The van der Waals surface area contributed by atoms with Crippen LogP contribution in [0, 0.1) is 0 Å². The molecule has 33 heavy (non-hydrogen) atoms. The van der Waals surface area contributed by atoms with E-state index >= 15 is 0 Å². The highest BCUT2D eigenvalue weighted by Gasteiger charge is 2.36. The predicted octanol–water partition coefficient (Wildman–Crippen LogP) is 3.54. The van der Waals surface area contributed by atoms with Crippen LogP contribution in [0.4, 0.5) is 5.69 Å². The van der Waals surface area contributed by atoms with Gasteiger partial charge in [0.2, 0.25) is 5.78 Å². The zero-order valence-electron chi connectivity index (χ0n) is 17.9.